The van der Waals surface area contributed by atoms with Crippen LogP contribution in [-0.2, 0) is 4.75 Å². The van der Waals surface area contributed by atoms with Crippen molar-refractivity contribution in [3.8, 4) is 11.4 Å². The van der Waals surface area contributed by atoms with Crippen molar-refractivity contribution in [2.45, 2.75) is 9.90 Å². The first kappa shape index (κ1) is 20.6. The Hall–Kier alpha value is -3.34. The van der Waals surface area contributed by atoms with Crippen LogP contribution in [0.5, 0.6) is 0 Å². The van der Waals surface area contributed by atoms with Crippen molar-refractivity contribution in [1.82, 2.24) is 15.2 Å². The first-order chi connectivity index (χ1) is 15.8. The summed E-state index contributed by atoms with van der Waals surface area (Å²) in [4.78, 5) is 4.82. The van der Waals surface area contributed by atoms with Gasteiger partial charge in [0, 0.05) is 10.6 Å². The number of benzene rings is 4. The normalized spacial score (nSPS) is 11.4. The van der Waals surface area contributed by atoms with Crippen LogP contribution in [0.4, 0.5) is 0 Å². The topological polar surface area (TPSA) is 41.6 Å². The summed E-state index contributed by atoms with van der Waals surface area (Å²) in [5, 5.41) is 9.03. The van der Waals surface area contributed by atoms with E-state index in [-0.39, 0.29) is 0 Å². The number of aromatic nitrogens is 3. The summed E-state index contributed by atoms with van der Waals surface area (Å²) in [6.07, 6.45) is 0. The second kappa shape index (κ2) is 9.03. The number of H-pyrrole nitrogens is 1. The highest BCUT2D eigenvalue weighted by molar-refractivity contribution is 8.00. The highest BCUT2D eigenvalue weighted by Gasteiger charge is 2.38. The predicted molar refractivity (Wildman–Crippen MR) is 132 cm³/mol. The highest BCUT2D eigenvalue weighted by atomic mass is 35.5. The minimum Gasteiger partial charge on any atom is -0.258 e. The molecule has 1 aromatic heterocycles. The lowest BCUT2D eigenvalue weighted by Crippen LogP contribution is -2.25. The zero-order valence-electron chi connectivity index (χ0n) is 17.2. The van der Waals surface area contributed by atoms with Crippen molar-refractivity contribution >= 4 is 23.4 Å². The van der Waals surface area contributed by atoms with E-state index in [1.165, 1.54) is 16.7 Å². The molecule has 32 heavy (non-hydrogen) atoms. The third-order valence-corrected chi connectivity index (χ3v) is 7.00. The number of hydrogen-bond donors (Lipinski definition) is 1. The lowest BCUT2D eigenvalue weighted by molar-refractivity contribution is 0.873. The molecule has 0 saturated carbocycles. The summed E-state index contributed by atoms with van der Waals surface area (Å²) < 4.78 is -0.511. The molecule has 0 atom stereocenters. The summed E-state index contributed by atoms with van der Waals surface area (Å²) in [5.41, 5.74) is 4.44. The van der Waals surface area contributed by atoms with E-state index in [1.807, 2.05) is 42.5 Å². The summed E-state index contributed by atoms with van der Waals surface area (Å²) in [7, 11) is 0. The van der Waals surface area contributed by atoms with Crippen LogP contribution in [0.15, 0.2) is 120 Å². The van der Waals surface area contributed by atoms with Crippen molar-refractivity contribution < 1.29 is 0 Å². The van der Waals surface area contributed by atoms with E-state index in [2.05, 4.69) is 83.0 Å². The van der Waals surface area contributed by atoms with Gasteiger partial charge >= 0.3 is 0 Å². The molecule has 0 amide bonds. The van der Waals surface area contributed by atoms with Gasteiger partial charge in [-0.05, 0) is 41.0 Å². The molecule has 1 heterocycles. The summed E-state index contributed by atoms with van der Waals surface area (Å²) in [5.74, 6) is 0.715. The van der Waals surface area contributed by atoms with Crippen LogP contribution in [0.3, 0.4) is 0 Å². The van der Waals surface area contributed by atoms with Gasteiger partial charge in [0.1, 0.15) is 0 Å². The van der Waals surface area contributed by atoms with Gasteiger partial charge in [-0.2, -0.15) is 0 Å². The van der Waals surface area contributed by atoms with Crippen LogP contribution < -0.4 is 0 Å². The van der Waals surface area contributed by atoms with E-state index in [1.54, 1.807) is 11.8 Å². The fourth-order valence-corrected chi connectivity index (χ4v) is 5.25. The molecule has 0 aliphatic heterocycles. The van der Waals surface area contributed by atoms with Crippen molar-refractivity contribution in [1.29, 1.82) is 0 Å². The number of thioether (sulfide) groups is 1. The van der Waals surface area contributed by atoms with E-state index >= 15 is 0 Å². The molecule has 0 spiro atoms. The van der Waals surface area contributed by atoms with Crippen molar-refractivity contribution in [2.24, 2.45) is 0 Å². The molecule has 5 aromatic rings. The number of aromatic amines is 1. The van der Waals surface area contributed by atoms with Gasteiger partial charge in [0.25, 0.3) is 0 Å². The molecule has 0 fully saturated rings. The number of nitrogens with zero attached hydrogens (tertiary/aromatic N) is 2. The molecular formula is C27H20ClN3S. The van der Waals surface area contributed by atoms with Gasteiger partial charge in [-0.25, -0.2) is 4.98 Å². The first-order valence-electron chi connectivity index (χ1n) is 10.3. The van der Waals surface area contributed by atoms with E-state index in [9.17, 15) is 0 Å². The van der Waals surface area contributed by atoms with E-state index in [0.29, 0.717) is 16.0 Å². The monoisotopic (exact) mass is 453 g/mol. The Morgan fingerprint density at radius 3 is 1.56 bits per heavy atom. The van der Waals surface area contributed by atoms with Gasteiger partial charge in [-0.1, -0.05) is 114 Å². The lowest BCUT2D eigenvalue weighted by atomic mass is 9.84. The molecule has 0 bridgehead atoms. The third-order valence-electron chi connectivity index (χ3n) is 5.37. The maximum Gasteiger partial charge on any atom is 0.210 e. The molecule has 0 saturated heterocycles. The molecule has 4 aromatic carbocycles. The van der Waals surface area contributed by atoms with E-state index in [0.717, 1.165) is 5.56 Å². The molecule has 0 radical (unpaired) electrons. The van der Waals surface area contributed by atoms with Crippen LogP contribution in [-0.4, -0.2) is 15.2 Å². The molecular weight excluding hydrogens is 434 g/mol. The fraction of sp³-hybridized carbons (Fsp3) is 0.0370. The largest absolute Gasteiger partial charge is 0.258 e. The second-order valence-corrected chi connectivity index (χ2v) is 8.97. The highest BCUT2D eigenvalue weighted by Crippen LogP contribution is 2.50. The van der Waals surface area contributed by atoms with Crippen molar-refractivity contribution in [2.75, 3.05) is 0 Å². The third kappa shape index (κ3) is 3.95. The fourth-order valence-electron chi connectivity index (χ4n) is 3.86. The van der Waals surface area contributed by atoms with Crippen molar-refractivity contribution in [3.05, 3.63) is 137 Å². The van der Waals surface area contributed by atoms with Crippen LogP contribution in [0.2, 0.25) is 5.02 Å². The van der Waals surface area contributed by atoms with E-state index in [4.69, 9.17) is 16.6 Å². The summed E-state index contributed by atoms with van der Waals surface area (Å²) in [6.45, 7) is 0. The molecule has 0 aliphatic carbocycles. The Balaban J connectivity index is 1.66. The van der Waals surface area contributed by atoms with Gasteiger partial charge < -0.3 is 0 Å². The zero-order chi connectivity index (χ0) is 21.8. The van der Waals surface area contributed by atoms with Crippen LogP contribution in [0.1, 0.15) is 16.7 Å². The molecule has 5 rings (SSSR count). The SMILES string of the molecule is Clc1ccc(-c2nc(SC(c3ccccc3)(c3ccccc3)c3ccccc3)n[nH]2)cc1. The van der Waals surface area contributed by atoms with Crippen molar-refractivity contribution in [3.63, 3.8) is 0 Å². The number of rotatable bonds is 6. The lowest BCUT2D eigenvalue weighted by Gasteiger charge is -2.34. The van der Waals surface area contributed by atoms with E-state index < -0.39 is 4.75 Å². The number of nitrogens with one attached hydrogen (secondary N) is 1. The average molecular weight is 454 g/mol. The predicted octanol–water partition coefficient (Wildman–Crippen LogP) is 7.21. The zero-order valence-corrected chi connectivity index (χ0v) is 18.7. The Bertz CT molecular complexity index is 1190. The Morgan fingerprint density at radius 2 is 1.09 bits per heavy atom. The van der Waals surface area contributed by atoms with Gasteiger partial charge in [-0.15, -0.1) is 5.10 Å². The summed E-state index contributed by atoms with van der Waals surface area (Å²) in [6, 6.07) is 39.2. The van der Waals surface area contributed by atoms with Gasteiger partial charge in [-0.3, -0.25) is 5.10 Å². The minimum absolute atomic E-state index is 0.511. The standard InChI is InChI=1S/C27H20ClN3S/c28-24-18-16-20(17-19-24)25-29-26(31-30-25)32-27(21-10-4-1-5-11-21,22-12-6-2-7-13-22)23-14-8-3-9-15-23/h1-19H,(H,29,30,31). The molecule has 5 heteroatoms. The average Bonchev–Trinajstić information content (AvgIpc) is 3.33. The second-order valence-electron chi connectivity index (χ2n) is 7.35. The van der Waals surface area contributed by atoms with Gasteiger partial charge in [0.05, 0.1) is 4.75 Å². The number of halogens is 1. The Labute approximate surface area is 196 Å². The quantitative estimate of drug-likeness (QED) is 0.218. The van der Waals surface area contributed by atoms with Crippen LogP contribution in [0.25, 0.3) is 11.4 Å². The smallest absolute Gasteiger partial charge is 0.210 e. The Morgan fingerprint density at radius 1 is 0.625 bits per heavy atom. The maximum atomic E-state index is 6.04. The first-order valence-corrected chi connectivity index (χ1v) is 11.5. The Kier molecular flexibility index (Phi) is 5.80. The molecule has 0 unspecified atom stereocenters. The minimum atomic E-state index is -0.511. The van der Waals surface area contributed by atoms with Crippen LogP contribution >= 0.6 is 23.4 Å². The number of hydrogen-bond acceptors (Lipinski definition) is 3. The van der Waals surface area contributed by atoms with Crippen LogP contribution in [0, 0.1) is 0 Å². The maximum absolute atomic E-state index is 6.04. The molecule has 156 valence electrons. The molecule has 1 N–H and O–H groups in total. The summed E-state index contributed by atoms with van der Waals surface area (Å²) >= 11 is 7.68. The van der Waals surface area contributed by atoms with Gasteiger partial charge in [0.15, 0.2) is 5.82 Å². The molecule has 3 nitrogen and oxygen atoms in total. The van der Waals surface area contributed by atoms with Gasteiger partial charge in [0.2, 0.25) is 5.16 Å². The molecule has 0 aliphatic rings.